The minimum absolute atomic E-state index is 0.0231. The zero-order valence-electron chi connectivity index (χ0n) is 33.1. The Morgan fingerprint density at radius 3 is 2.32 bits per heavy atom. The second-order valence-corrected chi connectivity index (χ2v) is 21.6. The van der Waals surface area contributed by atoms with Crippen molar-refractivity contribution in [3.63, 3.8) is 0 Å². The molecule has 1 aromatic rings. The van der Waals surface area contributed by atoms with E-state index in [9.17, 15) is 9.59 Å². The van der Waals surface area contributed by atoms with Crippen molar-refractivity contribution in [3.8, 4) is 5.75 Å². The van der Waals surface area contributed by atoms with Gasteiger partial charge in [0.1, 0.15) is 24.1 Å². The van der Waals surface area contributed by atoms with Crippen LogP contribution in [-0.2, 0) is 27.9 Å². The predicted octanol–water partition coefficient (Wildman–Crippen LogP) is 9.28. The number of hydrogen-bond donors (Lipinski definition) is 0. The number of benzene rings is 1. The van der Waals surface area contributed by atoms with Crippen molar-refractivity contribution in [1.82, 2.24) is 0 Å². The number of carbonyl (C=O) groups excluding carboxylic acids is 2. The summed E-state index contributed by atoms with van der Waals surface area (Å²) in [7, 11) is -2.29. The molecule has 0 N–H and O–H groups in total. The monoisotopic (exact) mass is 724 g/mol. The molecular formula is C41H64O7Si2. The van der Waals surface area contributed by atoms with Crippen LogP contribution in [0.15, 0.2) is 48.1 Å². The Morgan fingerprint density at radius 2 is 1.74 bits per heavy atom. The van der Waals surface area contributed by atoms with Gasteiger partial charge in [-0.15, -0.1) is 0 Å². The van der Waals surface area contributed by atoms with E-state index in [4.69, 9.17) is 23.1 Å². The standard InChI is InChI=1S/C41H64O7Si2/c1-14-33(44-30-17-15-16-26(2)22-30)37(42)46-34-24-29(39(4,5)6)23-28-19-18-27(3)41(35(28)34,48-50(12)13)21-20-31-25-32(40(7,8)9)36(38(43)45-31)47-49(10)11/h15-19,22-23,27,29,31-36H,14,20-21,24-25H2,1-13H3/t27-,29+,31+,32-,33?,34-,35+,36?,41-/m0/s1. The molecule has 2 aliphatic carbocycles. The minimum atomic E-state index is -1.20. The zero-order chi connectivity index (χ0) is 37.2. The largest absolute Gasteiger partial charge is 0.479 e. The summed E-state index contributed by atoms with van der Waals surface area (Å²) in [6.45, 7) is 28.0. The third-order valence-electron chi connectivity index (χ3n) is 10.9. The number of esters is 2. The van der Waals surface area contributed by atoms with Crippen molar-refractivity contribution in [2.45, 2.75) is 151 Å². The first-order valence-corrected chi connectivity index (χ1v) is 23.6. The highest BCUT2D eigenvalue weighted by Gasteiger charge is 2.55. The van der Waals surface area contributed by atoms with E-state index in [-0.39, 0.29) is 52.5 Å². The Hall–Kier alpha value is -2.21. The average Bonchev–Trinajstić information content (AvgIpc) is 3.00. The summed E-state index contributed by atoms with van der Waals surface area (Å²) >= 11 is 0. The molecule has 0 aromatic heterocycles. The summed E-state index contributed by atoms with van der Waals surface area (Å²) in [5.74, 6) is 0.238. The molecule has 1 fully saturated rings. The van der Waals surface area contributed by atoms with Crippen molar-refractivity contribution >= 4 is 30.0 Å². The number of hydrogen-bond acceptors (Lipinski definition) is 7. The van der Waals surface area contributed by atoms with Crippen molar-refractivity contribution < 1.29 is 32.7 Å². The number of carbonyl (C=O) groups is 2. The summed E-state index contributed by atoms with van der Waals surface area (Å²) in [6.07, 6.45) is 8.30. The average molecular weight is 725 g/mol. The van der Waals surface area contributed by atoms with Crippen LogP contribution in [0.1, 0.15) is 93.1 Å². The number of allylic oxidation sites excluding steroid dienone is 2. The summed E-state index contributed by atoms with van der Waals surface area (Å²) in [5.41, 5.74) is 1.47. The summed E-state index contributed by atoms with van der Waals surface area (Å²) < 4.78 is 32.5. The van der Waals surface area contributed by atoms with Crippen molar-refractivity contribution in [1.29, 1.82) is 0 Å². The van der Waals surface area contributed by atoms with Gasteiger partial charge in [-0.1, -0.05) is 85.8 Å². The number of cyclic esters (lactones) is 1. The van der Waals surface area contributed by atoms with Gasteiger partial charge in [0.15, 0.2) is 6.10 Å². The van der Waals surface area contributed by atoms with Crippen LogP contribution in [0.3, 0.4) is 0 Å². The fourth-order valence-electron chi connectivity index (χ4n) is 8.13. The molecule has 1 heterocycles. The molecule has 278 valence electrons. The van der Waals surface area contributed by atoms with Gasteiger partial charge in [0, 0.05) is 17.8 Å². The smallest absolute Gasteiger partial charge is 0.347 e. The zero-order valence-corrected chi connectivity index (χ0v) is 35.1. The highest BCUT2D eigenvalue weighted by Crippen LogP contribution is 2.53. The van der Waals surface area contributed by atoms with Gasteiger partial charge in [-0.25, -0.2) is 9.59 Å². The summed E-state index contributed by atoms with van der Waals surface area (Å²) in [5, 5.41) is 0. The molecule has 0 saturated carbocycles. The first-order chi connectivity index (χ1) is 23.2. The Kier molecular flexibility index (Phi) is 13.2. The molecule has 7 nitrogen and oxygen atoms in total. The number of ether oxygens (including phenoxy) is 3. The second kappa shape index (κ2) is 16.2. The third-order valence-corrected chi connectivity index (χ3v) is 12.4. The van der Waals surface area contributed by atoms with Crippen LogP contribution in [0.4, 0.5) is 0 Å². The lowest BCUT2D eigenvalue weighted by atomic mass is 9.59. The van der Waals surface area contributed by atoms with Crippen LogP contribution >= 0.6 is 0 Å². The van der Waals surface area contributed by atoms with E-state index < -0.39 is 42.0 Å². The maximum atomic E-state index is 14.1. The van der Waals surface area contributed by atoms with Gasteiger partial charge in [-0.05, 0) is 105 Å². The predicted molar refractivity (Wildman–Crippen MR) is 204 cm³/mol. The summed E-state index contributed by atoms with van der Waals surface area (Å²) in [6, 6.07) is 7.79. The lowest BCUT2D eigenvalue weighted by molar-refractivity contribution is -0.180. The minimum Gasteiger partial charge on any atom is -0.479 e. The van der Waals surface area contributed by atoms with Crippen LogP contribution < -0.4 is 4.74 Å². The van der Waals surface area contributed by atoms with Crippen LogP contribution in [0, 0.1) is 41.4 Å². The Balaban J connectivity index is 1.69. The SMILES string of the molecule is CCC(Oc1cccc(C)c1)C(=O)O[C@H]1C[C@H](C(C)(C)C)C=C2C=C[C@H](C)[C@](CC[C@@H]3C[C@H](C(C)(C)C)C(O[Si](C)C)C(=O)O3)(O[Si](C)C)[C@H]21. The first-order valence-electron chi connectivity index (χ1n) is 18.7. The van der Waals surface area contributed by atoms with E-state index in [1.54, 1.807) is 0 Å². The third kappa shape index (κ3) is 9.61. The molecule has 0 spiro atoms. The molecule has 9 heteroatoms. The lowest BCUT2D eigenvalue weighted by Gasteiger charge is -2.54. The number of aryl methyl sites for hydroxylation is 1. The Morgan fingerprint density at radius 1 is 1.04 bits per heavy atom. The summed E-state index contributed by atoms with van der Waals surface area (Å²) in [4.78, 5) is 27.6. The first kappa shape index (κ1) is 40.6. The van der Waals surface area contributed by atoms with Gasteiger partial charge in [-0.2, -0.15) is 0 Å². The molecule has 2 radical (unpaired) electrons. The Bertz CT molecular complexity index is 1390. The maximum Gasteiger partial charge on any atom is 0.347 e. The highest BCUT2D eigenvalue weighted by molar-refractivity contribution is 6.49. The van der Waals surface area contributed by atoms with Gasteiger partial charge in [0.2, 0.25) is 18.1 Å². The van der Waals surface area contributed by atoms with Crippen LogP contribution in [0.25, 0.3) is 0 Å². The molecule has 0 bridgehead atoms. The topological polar surface area (TPSA) is 80.3 Å². The van der Waals surface area contributed by atoms with E-state index in [1.807, 2.05) is 38.1 Å². The molecule has 2 unspecified atom stereocenters. The maximum absolute atomic E-state index is 14.1. The van der Waals surface area contributed by atoms with E-state index in [2.05, 4.69) is 92.9 Å². The van der Waals surface area contributed by atoms with E-state index in [0.29, 0.717) is 31.4 Å². The van der Waals surface area contributed by atoms with Crippen LogP contribution in [0.5, 0.6) is 5.75 Å². The van der Waals surface area contributed by atoms with Gasteiger partial charge < -0.3 is 23.1 Å². The molecule has 9 atom stereocenters. The molecule has 1 saturated heterocycles. The molecule has 0 amide bonds. The van der Waals surface area contributed by atoms with Crippen molar-refractivity contribution in [2.24, 2.45) is 34.5 Å². The van der Waals surface area contributed by atoms with Crippen molar-refractivity contribution in [3.05, 3.63) is 53.6 Å². The van der Waals surface area contributed by atoms with Crippen molar-refractivity contribution in [2.75, 3.05) is 0 Å². The van der Waals surface area contributed by atoms with E-state index in [0.717, 1.165) is 12.0 Å². The fourth-order valence-corrected chi connectivity index (χ4v) is 10.1. The number of rotatable bonds is 12. The van der Waals surface area contributed by atoms with E-state index in [1.165, 1.54) is 5.57 Å². The molecule has 50 heavy (non-hydrogen) atoms. The normalized spacial score (nSPS) is 30.8. The lowest BCUT2D eigenvalue weighted by Crippen LogP contribution is -2.58. The van der Waals surface area contributed by atoms with Crippen LogP contribution in [-0.4, -0.2) is 60.0 Å². The van der Waals surface area contributed by atoms with E-state index >= 15 is 0 Å². The van der Waals surface area contributed by atoms with Gasteiger partial charge in [0.25, 0.3) is 0 Å². The molecular weight excluding hydrogens is 661 g/mol. The van der Waals surface area contributed by atoms with Gasteiger partial charge in [0.05, 0.1) is 5.60 Å². The molecule has 1 aliphatic heterocycles. The van der Waals surface area contributed by atoms with Gasteiger partial charge in [-0.3, -0.25) is 0 Å². The number of fused-ring (bicyclic) bond motifs is 1. The quantitative estimate of drug-likeness (QED) is 0.157. The molecule has 1 aromatic carbocycles. The second-order valence-electron chi connectivity index (χ2n) is 17.5. The van der Waals surface area contributed by atoms with Gasteiger partial charge >= 0.3 is 11.9 Å². The molecule has 4 rings (SSSR count). The fraction of sp³-hybridized carbons (Fsp3) is 0.707. The van der Waals surface area contributed by atoms with Crippen LogP contribution in [0.2, 0.25) is 26.2 Å². The molecule has 3 aliphatic rings. The Labute approximate surface area is 306 Å². The highest BCUT2D eigenvalue weighted by atomic mass is 28.3.